The summed E-state index contributed by atoms with van der Waals surface area (Å²) in [6.07, 6.45) is 1.41. The molecule has 13 nitrogen and oxygen atoms in total. The predicted molar refractivity (Wildman–Crippen MR) is 128 cm³/mol. The van der Waals surface area contributed by atoms with Gasteiger partial charge >= 0.3 is 17.6 Å². The van der Waals surface area contributed by atoms with Gasteiger partial charge in [-0.15, -0.1) is 11.3 Å². The summed E-state index contributed by atoms with van der Waals surface area (Å²) in [4.78, 5) is 58.3. The van der Waals surface area contributed by atoms with Crippen LogP contribution in [0, 0.1) is 10.1 Å². The first kappa shape index (κ1) is 21.7. The van der Waals surface area contributed by atoms with Crippen LogP contribution in [0.5, 0.6) is 0 Å². The van der Waals surface area contributed by atoms with Crippen molar-refractivity contribution >= 4 is 60.9 Å². The van der Waals surface area contributed by atoms with E-state index in [0.29, 0.717) is 17.9 Å². The zero-order valence-corrected chi connectivity index (χ0v) is 18.9. The maximum Gasteiger partial charge on any atom is 0.356 e. The first-order valence-electron chi connectivity index (χ1n) is 10.6. The maximum absolute atomic E-state index is 13.2. The Balaban J connectivity index is 1.65. The number of benzene rings is 1. The van der Waals surface area contributed by atoms with E-state index in [2.05, 4.69) is 9.97 Å². The molecule has 180 valence electrons. The van der Waals surface area contributed by atoms with Crippen molar-refractivity contribution in [3.8, 4) is 0 Å². The molecular formula is C22H14N6O7S. The van der Waals surface area contributed by atoms with Crippen molar-refractivity contribution in [2.75, 3.05) is 11.4 Å². The number of hydrogen-bond acceptors (Lipinski definition) is 9. The summed E-state index contributed by atoms with van der Waals surface area (Å²) < 4.78 is 3.93. The van der Waals surface area contributed by atoms with E-state index in [-0.39, 0.29) is 40.5 Å². The van der Waals surface area contributed by atoms with Gasteiger partial charge in [0.15, 0.2) is 11.3 Å². The van der Waals surface area contributed by atoms with Gasteiger partial charge in [0.2, 0.25) is 11.2 Å². The maximum atomic E-state index is 13.2. The lowest BCUT2D eigenvalue weighted by Gasteiger charge is -2.28. The standard InChI is InChI=1S/C22H14N6O7S/c29-17-10-7-13(28(34)35)19(26-6-5-25-8-11(21(30)31)23-15(25)9-26)24-18(10)27-12-3-1-2-4-14(12)36-20(27)16(17)22(32)33/h1-4,7-8H,5-6,9H2,(H,30,31)(H,32,33). The molecule has 2 N–H and O–H groups in total. The largest absolute Gasteiger partial charge is 0.477 e. The predicted octanol–water partition coefficient (Wildman–Crippen LogP) is 2.58. The number of thiazole rings is 1. The molecule has 1 aromatic carbocycles. The number of aromatic nitrogens is 4. The second kappa shape index (κ2) is 7.58. The van der Waals surface area contributed by atoms with E-state index >= 15 is 0 Å². The summed E-state index contributed by atoms with van der Waals surface area (Å²) in [5, 5.41) is 30.9. The Kier molecular flexibility index (Phi) is 4.56. The third kappa shape index (κ3) is 3.04. The van der Waals surface area contributed by atoms with Crippen molar-refractivity contribution in [2.45, 2.75) is 13.1 Å². The lowest BCUT2D eigenvalue weighted by atomic mass is 10.1. The van der Waals surface area contributed by atoms with Crippen LogP contribution in [0.4, 0.5) is 11.5 Å². The average Bonchev–Trinajstić information content (AvgIpc) is 3.44. The molecule has 1 aliphatic heterocycles. The number of rotatable bonds is 4. The summed E-state index contributed by atoms with van der Waals surface area (Å²) >= 11 is 1.12. The second-order valence-electron chi connectivity index (χ2n) is 8.14. The molecule has 0 spiro atoms. The lowest BCUT2D eigenvalue weighted by molar-refractivity contribution is -0.384. The van der Waals surface area contributed by atoms with Crippen molar-refractivity contribution in [2.24, 2.45) is 0 Å². The van der Waals surface area contributed by atoms with Crippen LogP contribution in [0.15, 0.2) is 41.3 Å². The molecule has 1 aliphatic rings. The molecule has 0 saturated carbocycles. The fraction of sp³-hybridized carbons (Fsp3) is 0.136. The minimum absolute atomic E-state index is 0.0230. The quantitative estimate of drug-likeness (QED) is 0.272. The SMILES string of the molecule is O=C(O)c1cn2c(n1)CN(c1nc3c(cc1[N+](=O)[O-])c(=O)c(C(=O)O)c1sc4ccccc4n13)CC2. The van der Waals surface area contributed by atoms with Crippen LogP contribution in [0.3, 0.4) is 0 Å². The van der Waals surface area contributed by atoms with Gasteiger partial charge in [-0.1, -0.05) is 12.1 Å². The van der Waals surface area contributed by atoms with Gasteiger partial charge < -0.3 is 19.7 Å². The summed E-state index contributed by atoms with van der Waals surface area (Å²) in [5.74, 6) is -2.24. The first-order valence-corrected chi connectivity index (χ1v) is 11.4. The Morgan fingerprint density at radius 1 is 1.11 bits per heavy atom. The number of carboxylic acids is 2. The minimum Gasteiger partial charge on any atom is -0.477 e. The van der Waals surface area contributed by atoms with Crippen molar-refractivity contribution in [1.29, 1.82) is 0 Å². The summed E-state index contributed by atoms with van der Waals surface area (Å²) in [5.41, 5.74) is -1.23. The molecule has 0 aliphatic carbocycles. The van der Waals surface area contributed by atoms with Crippen LogP contribution < -0.4 is 10.3 Å². The average molecular weight is 506 g/mol. The summed E-state index contributed by atoms with van der Waals surface area (Å²) in [7, 11) is 0. The van der Waals surface area contributed by atoms with E-state index in [1.807, 2.05) is 0 Å². The fourth-order valence-corrected chi connectivity index (χ4v) is 5.68. The van der Waals surface area contributed by atoms with Gasteiger partial charge in [0, 0.05) is 25.4 Å². The number of para-hydroxylation sites is 1. The molecule has 0 fully saturated rings. The number of carboxylic acid groups (broad SMARTS) is 2. The molecule has 36 heavy (non-hydrogen) atoms. The van der Waals surface area contributed by atoms with Crippen LogP contribution in [0.2, 0.25) is 0 Å². The van der Waals surface area contributed by atoms with Crippen LogP contribution in [0.25, 0.3) is 26.1 Å². The highest BCUT2D eigenvalue weighted by atomic mass is 32.1. The zero-order chi connectivity index (χ0) is 25.3. The van der Waals surface area contributed by atoms with Gasteiger partial charge in [-0.3, -0.25) is 19.3 Å². The number of anilines is 1. The first-order chi connectivity index (χ1) is 17.2. The molecule has 0 bridgehead atoms. The van der Waals surface area contributed by atoms with Crippen LogP contribution in [-0.2, 0) is 13.1 Å². The van der Waals surface area contributed by atoms with Gasteiger partial charge in [0.05, 0.1) is 27.1 Å². The zero-order valence-electron chi connectivity index (χ0n) is 18.1. The van der Waals surface area contributed by atoms with E-state index in [9.17, 15) is 34.7 Å². The van der Waals surface area contributed by atoms with Crippen molar-refractivity contribution < 1.29 is 24.7 Å². The van der Waals surface area contributed by atoms with Crippen LogP contribution in [0.1, 0.15) is 26.7 Å². The fourth-order valence-electron chi connectivity index (χ4n) is 4.51. The topological polar surface area (TPSA) is 173 Å². The number of pyridine rings is 2. The van der Waals surface area contributed by atoms with E-state index in [1.54, 1.807) is 38.1 Å². The van der Waals surface area contributed by atoms with Gasteiger partial charge in [-0.25, -0.2) is 19.6 Å². The molecule has 5 aromatic rings. The Bertz CT molecular complexity index is 1850. The van der Waals surface area contributed by atoms with E-state index < -0.39 is 33.5 Å². The van der Waals surface area contributed by atoms with Gasteiger partial charge in [0.1, 0.15) is 16.2 Å². The highest BCUT2D eigenvalue weighted by Gasteiger charge is 2.30. The number of aromatic carboxylic acids is 2. The van der Waals surface area contributed by atoms with Crippen molar-refractivity contribution in [3.63, 3.8) is 0 Å². The van der Waals surface area contributed by atoms with E-state index in [0.717, 1.165) is 22.1 Å². The third-order valence-corrected chi connectivity index (χ3v) is 7.25. The lowest BCUT2D eigenvalue weighted by Crippen LogP contribution is -2.34. The molecule has 0 saturated heterocycles. The Morgan fingerprint density at radius 2 is 1.89 bits per heavy atom. The highest BCUT2D eigenvalue weighted by Crippen LogP contribution is 2.35. The number of carbonyl (C=O) groups is 2. The van der Waals surface area contributed by atoms with Gasteiger partial charge in [-0.2, -0.15) is 0 Å². The summed E-state index contributed by atoms with van der Waals surface area (Å²) in [6, 6.07) is 8.14. The highest BCUT2D eigenvalue weighted by molar-refractivity contribution is 7.24. The van der Waals surface area contributed by atoms with Crippen LogP contribution in [-0.4, -0.2) is 52.6 Å². The molecule has 0 amide bonds. The smallest absolute Gasteiger partial charge is 0.356 e. The van der Waals surface area contributed by atoms with Gasteiger partial charge in [0.25, 0.3) is 0 Å². The number of nitrogens with zero attached hydrogens (tertiary/aromatic N) is 6. The number of nitro groups is 1. The third-order valence-electron chi connectivity index (χ3n) is 6.11. The summed E-state index contributed by atoms with van der Waals surface area (Å²) in [6.45, 7) is 0.654. The molecule has 5 heterocycles. The molecule has 6 rings (SSSR count). The Morgan fingerprint density at radius 3 is 2.61 bits per heavy atom. The number of fused-ring (bicyclic) bond motifs is 6. The van der Waals surface area contributed by atoms with Crippen molar-refractivity contribution in [1.82, 2.24) is 18.9 Å². The molecule has 0 atom stereocenters. The Labute approximate surface area is 203 Å². The van der Waals surface area contributed by atoms with E-state index in [4.69, 9.17) is 0 Å². The van der Waals surface area contributed by atoms with Crippen molar-refractivity contribution in [3.05, 3.63) is 73.9 Å². The Hall–Kier alpha value is -4.85. The minimum atomic E-state index is -1.44. The second-order valence-corrected chi connectivity index (χ2v) is 9.17. The molecule has 0 radical (unpaired) electrons. The normalized spacial score (nSPS) is 13.4. The monoisotopic (exact) mass is 506 g/mol. The number of imidazole rings is 1. The molecule has 0 unspecified atom stereocenters. The van der Waals surface area contributed by atoms with Crippen LogP contribution >= 0.6 is 11.3 Å². The van der Waals surface area contributed by atoms with E-state index in [1.165, 1.54) is 6.20 Å². The molecule has 4 aromatic heterocycles. The molecular weight excluding hydrogens is 492 g/mol. The number of hydrogen-bond donors (Lipinski definition) is 2. The molecule has 14 heteroatoms. The van der Waals surface area contributed by atoms with Gasteiger partial charge in [-0.05, 0) is 12.1 Å².